The van der Waals surface area contributed by atoms with Crippen molar-refractivity contribution in [1.29, 1.82) is 0 Å². The molecule has 1 saturated heterocycles. The third kappa shape index (κ3) is 6.89. The number of ether oxygens (including phenoxy) is 4. The number of carbonyl (C=O) groups excluding carboxylic acids is 3. The lowest BCUT2D eigenvalue weighted by molar-refractivity contribution is -0.0678. The van der Waals surface area contributed by atoms with E-state index in [0.717, 1.165) is 0 Å². The first kappa shape index (κ1) is 32.1. The summed E-state index contributed by atoms with van der Waals surface area (Å²) < 4.78 is 26.6. The Kier molecular flexibility index (Phi) is 9.20. The first-order valence-corrected chi connectivity index (χ1v) is 15.7. The van der Waals surface area contributed by atoms with E-state index in [-0.39, 0.29) is 29.8 Å². The summed E-state index contributed by atoms with van der Waals surface area (Å²) >= 11 is 0. The quantitative estimate of drug-likeness (QED) is 0.152. The zero-order chi connectivity index (χ0) is 34.5. The Morgan fingerprint density at radius 1 is 0.700 bits per heavy atom. The van der Waals surface area contributed by atoms with Gasteiger partial charge in [0.25, 0.3) is 5.56 Å². The average molecular weight is 672 g/mol. The van der Waals surface area contributed by atoms with Crippen molar-refractivity contribution in [2.24, 2.45) is 0 Å². The van der Waals surface area contributed by atoms with Crippen LogP contribution in [0.15, 0.2) is 133 Å². The Morgan fingerprint density at radius 3 is 1.90 bits per heavy atom. The zero-order valence-corrected chi connectivity index (χ0v) is 26.4. The summed E-state index contributed by atoms with van der Waals surface area (Å²) in [5, 5.41) is 8.91. The van der Waals surface area contributed by atoms with Gasteiger partial charge in [0, 0.05) is 0 Å². The number of nitrogens with zero attached hydrogens (tertiary/aromatic N) is 5. The molecule has 0 saturated carbocycles. The minimum atomic E-state index is -1.27. The van der Waals surface area contributed by atoms with Crippen LogP contribution < -0.4 is 5.56 Å². The molecular weight excluding hydrogens is 642 g/mol. The smallest absolute Gasteiger partial charge is 0.338 e. The molecule has 0 radical (unpaired) electrons. The van der Waals surface area contributed by atoms with Gasteiger partial charge in [-0.15, -0.1) is 5.10 Å². The van der Waals surface area contributed by atoms with Crippen LogP contribution in [0.3, 0.4) is 0 Å². The second-order valence-corrected chi connectivity index (χ2v) is 11.4. The molecule has 250 valence electrons. The second-order valence-electron chi connectivity index (χ2n) is 11.4. The summed E-state index contributed by atoms with van der Waals surface area (Å²) in [5.74, 6) is -2.04. The number of para-hydroxylation sites is 1. The molecule has 3 heterocycles. The van der Waals surface area contributed by atoms with E-state index in [1.54, 1.807) is 115 Å². The van der Waals surface area contributed by atoms with Crippen LogP contribution in [-0.4, -0.2) is 67.4 Å². The van der Waals surface area contributed by atoms with Crippen LogP contribution in [0.2, 0.25) is 0 Å². The fourth-order valence-electron chi connectivity index (χ4n) is 5.57. The molecule has 7 rings (SSSR count). The summed E-state index contributed by atoms with van der Waals surface area (Å²) in [4.78, 5) is 57.2. The third-order valence-corrected chi connectivity index (χ3v) is 8.06. The average Bonchev–Trinajstić information content (AvgIpc) is 3.77. The van der Waals surface area contributed by atoms with E-state index in [1.807, 2.05) is 0 Å². The van der Waals surface area contributed by atoms with E-state index in [0.29, 0.717) is 22.2 Å². The van der Waals surface area contributed by atoms with Crippen LogP contribution in [0.5, 0.6) is 0 Å². The first-order chi connectivity index (χ1) is 24.4. The minimum absolute atomic E-state index is 0.0302. The second kappa shape index (κ2) is 14.3. The number of aromatic nitrogens is 5. The lowest BCUT2D eigenvalue weighted by atomic mass is 10.1. The third-order valence-electron chi connectivity index (χ3n) is 8.06. The van der Waals surface area contributed by atoms with Gasteiger partial charge >= 0.3 is 17.9 Å². The van der Waals surface area contributed by atoms with Gasteiger partial charge in [0.15, 0.2) is 18.4 Å². The predicted molar refractivity (Wildman–Crippen MR) is 177 cm³/mol. The Hall–Kier alpha value is -6.47. The molecule has 13 heteroatoms. The Morgan fingerprint density at radius 2 is 1.26 bits per heavy atom. The molecular formula is C37H29N5O8. The van der Waals surface area contributed by atoms with E-state index in [4.69, 9.17) is 18.9 Å². The molecule has 1 fully saturated rings. The van der Waals surface area contributed by atoms with Gasteiger partial charge in [-0.3, -0.25) is 9.36 Å². The van der Waals surface area contributed by atoms with Gasteiger partial charge in [-0.1, -0.05) is 71.9 Å². The maximum atomic E-state index is 13.4. The molecule has 1 aliphatic rings. The van der Waals surface area contributed by atoms with Crippen molar-refractivity contribution in [3.05, 3.63) is 161 Å². The molecule has 0 N–H and O–H groups in total. The lowest BCUT2D eigenvalue weighted by Gasteiger charge is -2.24. The molecule has 2 aromatic heterocycles. The van der Waals surface area contributed by atoms with Crippen LogP contribution in [0.25, 0.3) is 10.9 Å². The van der Waals surface area contributed by atoms with E-state index in [1.165, 1.54) is 21.8 Å². The van der Waals surface area contributed by atoms with Gasteiger partial charge in [0.05, 0.1) is 46.7 Å². The van der Waals surface area contributed by atoms with Crippen molar-refractivity contribution in [3.8, 4) is 0 Å². The Bertz CT molecular complexity index is 2190. The number of hydrogen-bond acceptors (Lipinski definition) is 11. The summed E-state index contributed by atoms with van der Waals surface area (Å²) in [6.07, 6.45) is -1.82. The van der Waals surface area contributed by atoms with E-state index < -0.39 is 42.4 Å². The van der Waals surface area contributed by atoms with E-state index in [9.17, 15) is 19.2 Å². The molecule has 4 atom stereocenters. The summed E-state index contributed by atoms with van der Waals surface area (Å²) in [5.41, 5.74) is 1.49. The molecule has 13 nitrogen and oxygen atoms in total. The fraction of sp³-hybridized carbons (Fsp3) is 0.162. The van der Waals surface area contributed by atoms with E-state index >= 15 is 0 Å². The highest BCUT2D eigenvalue weighted by atomic mass is 16.7. The van der Waals surface area contributed by atoms with Crippen molar-refractivity contribution < 1.29 is 33.3 Å². The number of esters is 3. The molecule has 6 aromatic rings. The zero-order valence-electron chi connectivity index (χ0n) is 26.4. The molecule has 1 aliphatic heterocycles. The number of fused-ring (bicyclic) bond motifs is 1. The van der Waals surface area contributed by atoms with Gasteiger partial charge in [0.2, 0.25) is 0 Å². The van der Waals surface area contributed by atoms with Crippen molar-refractivity contribution >= 4 is 28.8 Å². The number of rotatable bonds is 10. The molecule has 0 amide bonds. The number of hydrogen-bond donors (Lipinski definition) is 0. The Labute approximate surface area is 284 Å². The summed E-state index contributed by atoms with van der Waals surface area (Å²) in [7, 11) is 0. The molecule has 0 unspecified atom stereocenters. The highest BCUT2D eigenvalue weighted by molar-refractivity contribution is 5.91. The van der Waals surface area contributed by atoms with Crippen LogP contribution in [0.4, 0.5) is 0 Å². The maximum absolute atomic E-state index is 13.4. The van der Waals surface area contributed by atoms with Crippen molar-refractivity contribution in [2.75, 3.05) is 6.61 Å². The van der Waals surface area contributed by atoms with Gasteiger partial charge in [0.1, 0.15) is 18.4 Å². The molecule has 50 heavy (non-hydrogen) atoms. The minimum Gasteiger partial charge on any atom is -0.459 e. The van der Waals surface area contributed by atoms with Crippen LogP contribution in [-0.2, 0) is 25.5 Å². The molecule has 0 spiro atoms. The first-order valence-electron chi connectivity index (χ1n) is 15.7. The fourth-order valence-corrected chi connectivity index (χ4v) is 5.57. The number of benzene rings is 4. The molecule has 0 aliphatic carbocycles. The van der Waals surface area contributed by atoms with Gasteiger partial charge in [-0.05, 0) is 48.5 Å². The summed E-state index contributed by atoms with van der Waals surface area (Å²) in [6, 6.07) is 32.0. The van der Waals surface area contributed by atoms with Crippen molar-refractivity contribution in [1.82, 2.24) is 24.5 Å². The maximum Gasteiger partial charge on any atom is 0.338 e. The van der Waals surface area contributed by atoms with E-state index in [2.05, 4.69) is 15.3 Å². The van der Waals surface area contributed by atoms with Gasteiger partial charge in [-0.2, -0.15) is 0 Å². The summed E-state index contributed by atoms with van der Waals surface area (Å²) in [6.45, 7) is -0.321. The standard InChI is InChI=1S/C37H29N5O8/c43-33-28-18-10-11-19-29(28)38-23-41(33)20-27-21-42(40-39-27)34-32(50-37(46)26-16-8-3-9-17-26)31(49-36(45)25-14-6-2-7-15-25)30(48-34)22-47-35(44)24-12-4-1-5-13-24/h1-19,21,23,30-32,34H,20,22H2/t30-,31-,32-,34-/m0/s1. The van der Waals surface area contributed by atoms with Crippen molar-refractivity contribution in [2.45, 2.75) is 31.1 Å². The number of carbonyl (C=O) groups is 3. The normalized spacial score (nSPS) is 18.4. The van der Waals surface area contributed by atoms with Crippen LogP contribution in [0.1, 0.15) is 43.0 Å². The van der Waals surface area contributed by atoms with Crippen LogP contribution in [0, 0.1) is 0 Å². The molecule has 4 aromatic carbocycles. The molecule has 0 bridgehead atoms. The monoisotopic (exact) mass is 671 g/mol. The highest BCUT2D eigenvalue weighted by Crippen LogP contribution is 2.35. The highest BCUT2D eigenvalue weighted by Gasteiger charge is 2.52. The SMILES string of the molecule is O=C(OC[C@@H]1O[C@H](n2cc(Cn3cnc4ccccc4c3=O)nn2)[C@@H](OC(=O)c2ccccc2)[C@H]1OC(=O)c1ccccc1)c1ccccc1. The van der Waals surface area contributed by atoms with Crippen LogP contribution >= 0.6 is 0 Å². The Balaban J connectivity index is 1.21. The lowest BCUT2D eigenvalue weighted by Crippen LogP contribution is -2.41. The predicted octanol–water partition coefficient (Wildman–Crippen LogP) is 4.24. The largest absolute Gasteiger partial charge is 0.459 e. The van der Waals surface area contributed by atoms with Gasteiger partial charge in [-0.25, -0.2) is 24.0 Å². The topological polar surface area (TPSA) is 154 Å². The van der Waals surface area contributed by atoms with Gasteiger partial charge < -0.3 is 18.9 Å². The van der Waals surface area contributed by atoms with Crippen molar-refractivity contribution in [3.63, 3.8) is 0 Å².